The third-order valence-electron chi connectivity index (χ3n) is 4.24. The molecule has 0 spiro atoms. The first kappa shape index (κ1) is 12.0. The molecule has 0 aromatic rings. The van der Waals surface area contributed by atoms with Gasteiger partial charge in [0.2, 0.25) is 0 Å². The monoisotopic (exact) mass is 197 g/mol. The van der Waals surface area contributed by atoms with Crippen molar-refractivity contribution in [3.63, 3.8) is 0 Å². The third-order valence-corrected chi connectivity index (χ3v) is 4.24. The molecule has 14 heavy (non-hydrogen) atoms. The Hall–Kier alpha value is -0.0400. The molecule has 1 heteroatoms. The SMILES string of the molecule is CCNC1CCC(C(CC)CC)C1C. The van der Waals surface area contributed by atoms with Crippen LogP contribution in [0, 0.1) is 17.8 Å². The van der Waals surface area contributed by atoms with Crippen molar-refractivity contribution in [1.82, 2.24) is 5.32 Å². The van der Waals surface area contributed by atoms with Crippen LogP contribution in [0.1, 0.15) is 53.4 Å². The van der Waals surface area contributed by atoms with Crippen LogP contribution in [0.2, 0.25) is 0 Å². The second-order valence-corrected chi connectivity index (χ2v) is 4.84. The Morgan fingerprint density at radius 1 is 1.14 bits per heavy atom. The van der Waals surface area contributed by atoms with E-state index in [2.05, 4.69) is 33.0 Å². The van der Waals surface area contributed by atoms with Gasteiger partial charge in [-0.1, -0.05) is 40.5 Å². The lowest BCUT2D eigenvalue weighted by Crippen LogP contribution is -2.33. The van der Waals surface area contributed by atoms with E-state index in [1.165, 1.54) is 25.7 Å². The molecule has 1 aliphatic rings. The van der Waals surface area contributed by atoms with E-state index >= 15 is 0 Å². The second kappa shape index (κ2) is 5.75. The predicted octanol–water partition coefficient (Wildman–Crippen LogP) is 3.45. The van der Waals surface area contributed by atoms with Crippen molar-refractivity contribution in [2.24, 2.45) is 17.8 Å². The fourth-order valence-electron chi connectivity index (χ4n) is 3.31. The molecule has 1 nitrogen and oxygen atoms in total. The first-order valence-corrected chi connectivity index (χ1v) is 6.47. The Bertz CT molecular complexity index is 151. The van der Waals surface area contributed by atoms with Crippen LogP contribution in [-0.2, 0) is 0 Å². The Morgan fingerprint density at radius 3 is 2.29 bits per heavy atom. The van der Waals surface area contributed by atoms with Gasteiger partial charge in [0.05, 0.1) is 0 Å². The van der Waals surface area contributed by atoms with Gasteiger partial charge in [-0.3, -0.25) is 0 Å². The highest BCUT2D eigenvalue weighted by molar-refractivity contribution is 4.89. The molecule has 3 atom stereocenters. The highest BCUT2D eigenvalue weighted by atomic mass is 14.9. The zero-order valence-electron chi connectivity index (χ0n) is 10.3. The van der Waals surface area contributed by atoms with Crippen LogP contribution in [0.5, 0.6) is 0 Å². The van der Waals surface area contributed by atoms with Gasteiger partial charge in [0.25, 0.3) is 0 Å². The van der Waals surface area contributed by atoms with Gasteiger partial charge >= 0.3 is 0 Å². The lowest BCUT2D eigenvalue weighted by Gasteiger charge is -2.27. The van der Waals surface area contributed by atoms with Gasteiger partial charge in [-0.15, -0.1) is 0 Å². The third kappa shape index (κ3) is 2.50. The zero-order valence-corrected chi connectivity index (χ0v) is 10.3. The van der Waals surface area contributed by atoms with Crippen LogP contribution in [0.25, 0.3) is 0 Å². The molecule has 0 aromatic heterocycles. The quantitative estimate of drug-likeness (QED) is 0.712. The van der Waals surface area contributed by atoms with Crippen LogP contribution < -0.4 is 5.32 Å². The molecular formula is C13H27N. The minimum atomic E-state index is 0.797. The van der Waals surface area contributed by atoms with Crippen LogP contribution in [0.3, 0.4) is 0 Å². The summed E-state index contributed by atoms with van der Waals surface area (Å²) in [5, 5.41) is 3.63. The molecule has 1 N–H and O–H groups in total. The first-order valence-electron chi connectivity index (χ1n) is 6.47. The molecule has 1 fully saturated rings. The maximum Gasteiger partial charge on any atom is 0.00954 e. The minimum absolute atomic E-state index is 0.797. The molecule has 3 unspecified atom stereocenters. The lowest BCUT2D eigenvalue weighted by molar-refractivity contribution is 0.241. The number of hydrogen-bond donors (Lipinski definition) is 1. The van der Waals surface area contributed by atoms with Crippen molar-refractivity contribution in [3.8, 4) is 0 Å². The zero-order chi connectivity index (χ0) is 10.6. The van der Waals surface area contributed by atoms with Crippen molar-refractivity contribution in [1.29, 1.82) is 0 Å². The average molecular weight is 197 g/mol. The molecule has 1 rings (SSSR count). The van der Waals surface area contributed by atoms with Gasteiger partial charge < -0.3 is 5.32 Å². The largest absolute Gasteiger partial charge is 0.314 e. The summed E-state index contributed by atoms with van der Waals surface area (Å²) in [5.74, 6) is 2.84. The summed E-state index contributed by atoms with van der Waals surface area (Å²) in [6.45, 7) is 10.5. The van der Waals surface area contributed by atoms with E-state index in [1.54, 1.807) is 0 Å². The van der Waals surface area contributed by atoms with Gasteiger partial charge in [-0.25, -0.2) is 0 Å². The van der Waals surface area contributed by atoms with Gasteiger partial charge in [0, 0.05) is 6.04 Å². The van der Waals surface area contributed by atoms with Crippen molar-refractivity contribution in [3.05, 3.63) is 0 Å². The van der Waals surface area contributed by atoms with Crippen molar-refractivity contribution < 1.29 is 0 Å². The molecule has 0 radical (unpaired) electrons. The molecule has 0 bridgehead atoms. The highest BCUT2D eigenvalue weighted by Crippen LogP contribution is 2.39. The summed E-state index contributed by atoms with van der Waals surface area (Å²) in [5.41, 5.74) is 0. The van der Waals surface area contributed by atoms with Crippen LogP contribution >= 0.6 is 0 Å². The van der Waals surface area contributed by atoms with Crippen LogP contribution in [0.15, 0.2) is 0 Å². The molecular weight excluding hydrogens is 170 g/mol. The second-order valence-electron chi connectivity index (χ2n) is 4.84. The van der Waals surface area contributed by atoms with Gasteiger partial charge in [0.15, 0.2) is 0 Å². The normalized spacial score (nSPS) is 32.8. The molecule has 1 aliphatic carbocycles. The van der Waals surface area contributed by atoms with Crippen molar-refractivity contribution in [2.75, 3.05) is 6.54 Å². The lowest BCUT2D eigenvalue weighted by atomic mass is 9.81. The summed E-state index contributed by atoms with van der Waals surface area (Å²) in [6, 6.07) is 0.797. The van der Waals surface area contributed by atoms with Gasteiger partial charge in [-0.05, 0) is 37.1 Å². The van der Waals surface area contributed by atoms with E-state index in [0.29, 0.717) is 0 Å². The summed E-state index contributed by atoms with van der Waals surface area (Å²) < 4.78 is 0. The minimum Gasteiger partial charge on any atom is -0.314 e. The van der Waals surface area contributed by atoms with E-state index in [4.69, 9.17) is 0 Å². The average Bonchev–Trinajstić information content (AvgIpc) is 2.53. The Balaban J connectivity index is 2.49. The van der Waals surface area contributed by atoms with Crippen molar-refractivity contribution in [2.45, 2.75) is 59.4 Å². The molecule has 0 amide bonds. The molecule has 0 aliphatic heterocycles. The van der Waals surface area contributed by atoms with E-state index in [1.807, 2.05) is 0 Å². The topological polar surface area (TPSA) is 12.0 Å². The Kier molecular flexibility index (Phi) is 4.94. The van der Waals surface area contributed by atoms with E-state index in [0.717, 1.165) is 30.3 Å². The Morgan fingerprint density at radius 2 is 1.79 bits per heavy atom. The fourth-order valence-corrected chi connectivity index (χ4v) is 3.31. The van der Waals surface area contributed by atoms with Crippen LogP contribution in [-0.4, -0.2) is 12.6 Å². The standard InChI is InChI=1S/C13H27N/c1-5-11(6-2)12-8-9-13(10(12)4)14-7-3/h10-14H,5-9H2,1-4H3. The number of rotatable bonds is 5. The predicted molar refractivity (Wildman–Crippen MR) is 63.4 cm³/mol. The summed E-state index contributed by atoms with van der Waals surface area (Å²) in [6.07, 6.45) is 5.58. The first-order chi connectivity index (χ1) is 6.74. The van der Waals surface area contributed by atoms with E-state index in [9.17, 15) is 0 Å². The van der Waals surface area contributed by atoms with Gasteiger partial charge in [-0.2, -0.15) is 0 Å². The van der Waals surface area contributed by atoms with E-state index < -0.39 is 0 Å². The molecule has 1 saturated carbocycles. The molecule has 84 valence electrons. The van der Waals surface area contributed by atoms with Gasteiger partial charge in [0.1, 0.15) is 0 Å². The maximum absolute atomic E-state index is 3.63. The van der Waals surface area contributed by atoms with Crippen LogP contribution in [0.4, 0.5) is 0 Å². The summed E-state index contributed by atoms with van der Waals surface area (Å²) in [7, 11) is 0. The number of nitrogens with one attached hydrogen (secondary N) is 1. The Labute approximate surface area is 89.7 Å². The maximum atomic E-state index is 3.63. The molecule has 0 saturated heterocycles. The number of hydrogen-bond acceptors (Lipinski definition) is 1. The smallest absolute Gasteiger partial charge is 0.00954 e. The highest BCUT2D eigenvalue weighted by Gasteiger charge is 2.35. The van der Waals surface area contributed by atoms with Crippen molar-refractivity contribution >= 4 is 0 Å². The summed E-state index contributed by atoms with van der Waals surface area (Å²) >= 11 is 0. The molecule has 0 heterocycles. The summed E-state index contributed by atoms with van der Waals surface area (Å²) in [4.78, 5) is 0. The van der Waals surface area contributed by atoms with E-state index in [-0.39, 0.29) is 0 Å². The molecule has 0 aromatic carbocycles. The fraction of sp³-hybridized carbons (Fsp3) is 1.00.